The summed E-state index contributed by atoms with van der Waals surface area (Å²) in [7, 11) is 0. The summed E-state index contributed by atoms with van der Waals surface area (Å²) in [4.78, 5) is 31.3. The van der Waals surface area contributed by atoms with Gasteiger partial charge in [0, 0.05) is 19.3 Å². The molecule has 6 nitrogen and oxygen atoms in total. The van der Waals surface area contributed by atoms with Crippen LogP contribution in [0.3, 0.4) is 0 Å². The van der Waals surface area contributed by atoms with Crippen molar-refractivity contribution in [3.8, 4) is 0 Å². The van der Waals surface area contributed by atoms with Crippen molar-refractivity contribution in [2.75, 3.05) is 19.8 Å². The minimum Gasteiger partial charge on any atom is -0.466 e. The fourth-order valence-electron chi connectivity index (χ4n) is 1.31. The third kappa shape index (κ3) is 28.6. The number of hydrogen-bond donors (Lipinski definition) is 0. The van der Waals surface area contributed by atoms with Crippen LogP contribution in [0.25, 0.3) is 0 Å². The first-order valence-corrected chi connectivity index (χ1v) is 8.89. The third-order valence-corrected chi connectivity index (χ3v) is 2.28. The van der Waals surface area contributed by atoms with Crippen molar-refractivity contribution >= 4 is 17.9 Å². The van der Waals surface area contributed by atoms with Crippen molar-refractivity contribution in [2.24, 2.45) is 0 Å². The largest absolute Gasteiger partial charge is 0.466 e. The minimum absolute atomic E-state index is 0.0880. The molecule has 0 saturated heterocycles. The summed E-state index contributed by atoms with van der Waals surface area (Å²) < 4.78 is 13.9. The Labute approximate surface area is 147 Å². The predicted octanol–water partition coefficient (Wildman–Crippen LogP) is 4.05. The second-order valence-corrected chi connectivity index (χ2v) is 4.67. The highest BCUT2D eigenvalue weighted by molar-refractivity contribution is 5.69. The summed E-state index contributed by atoms with van der Waals surface area (Å²) in [6, 6.07) is 0. The summed E-state index contributed by atoms with van der Waals surface area (Å²) >= 11 is 0. The van der Waals surface area contributed by atoms with E-state index in [1.165, 1.54) is 0 Å². The van der Waals surface area contributed by atoms with Crippen molar-refractivity contribution < 1.29 is 28.6 Å². The summed E-state index contributed by atoms with van der Waals surface area (Å²) in [5, 5.41) is 0. The number of carbonyl (C=O) groups is 3. The zero-order valence-corrected chi connectivity index (χ0v) is 16.3. The molecule has 0 radical (unpaired) electrons. The molecule has 0 N–H and O–H groups in total. The summed E-state index contributed by atoms with van der Waals surface area (Å²) in [6.45, 7) is 12.8. The highest BCUT2D eigenvalue weighted by Crippen LogP contribution is 1.90. The van der Waals surface area contributed by atoms with E-state index >= 15 is 0 Å². The van der Waals surface area contributed by atoms with Crippen LogP contribution in [0, 0.1) is 0 Å². The van der Waals surface area contributed by atoms with E-state index in [4.69, 9.17) is 0 Å². The van der Waals surface area contributed by atoms with E-state index in [2.05, 4.69) is 14.2 Å². The Bertz CT molecular complexity index is 230. The van der Waals surface area contributed by atoms with Crippen LogP contribution in [0.1, 0.15) is 80.1 Å². The lowest BCUT2D eigenvalue weighted by Gasteiger charge is -1.96. The van der Waals surface area contributed by atoms with Crippen LogP contribution >= 0.6 is 0 Å². The molecule has 0 spiro atoms. The number of hydrogen-bond acceptors (Lipinski definition) is 6. The van der Waals surface area contributed by atoms with E-state index in [1.54, 1.807) is 0 Å². The Morgan fingerprint density at radius 1 is 0.500 bits per heavy atom. The molecule has 0 amide bonds. The van der Waals surface area contributed by atoms with Gasteiger partial charge in [0.2, 0.25) is 0 Å². The smallest absolute Gasteiger partial charge is 0.305 e. The molecule has 0 aliphatic heterocycles. The van der Waals surface area contributed by atoms with Gasteiger partial charge < -0.3 is 14.2 Å². The second-order valence-electron chi connectivity index (χ2n) is 4.67. The van der Waals surface area contributed by atoms with Crippen molar-refractivity contribution in [3.63, 3.8) is 0 Å². The van der Waals surface area contributed by atoms with Crippen LogP contribution in [0.15, 0.2) is 0 Å². The molecule has 0 aromatic carbocycles. The average molecular weight is 348 g/mol. The minimum atomic E-state index is -0.0880. The van der Waals surface area contributed by atoms with Crippen LogP contribution in [-0.4, -0.2) is 37.7 Å². The van der Waals surface area contributed by atoms with Gasteiger partial charge in [0.05, 0.1) is 19.8 Å². The predicted molar refractivity (Wildman–Crippen MR) is 94.6 cm³/mol. The van der Waals surface area contributed by atoms with Gasteiger partial charge in [-0.15, -0.1) is 0 Å². The molecule has 0 heterocycles. The van der Waals surface area contributed by atoms with Gasteiger partial charge in [0.1, 0.15) is 0 Å². The molecule has 0 aromatic rings. The van der Waals surface area contributed by atoms with Crippen molar-refractivity contribution in [3.05, 3.63) is 0 Å². The second kappa shape index (κ2) is 23.7. The SMILES string of the molecule is CCCC(=O)OCC.CCCC(=O)OCC.CCCC(=O)OCC. The maximum absolute atomic E-state index is 10.4. The van der Waals surface area contributed by atoms with Crippen LogP contribution in [0.2, 0.25) is 0 Å². The molecule has 0 aromatic heterocycles. The molecule has 0 aliphatic rings. The Hall–Kier alpha value is -1.59. The Morgan fingerprint density at radius 2 is 0.708 bits per heavy atom. The maximum atomic E-state index is 10.4. The molecule has 144 valence electrons. The monoisotopic (exact) mass is 348 g/mol. The van der Waals surface area contributed by atoms with Crippen molar-refractivity contribution in [2.45, 2.75) is 80.1 Å². The molecular formula is C18H36O6. The lowest BCUT2D eigenvalue weighted by atomic mass is 10.3. The van der Waals surface area contributed by atoms with E-state index in [0.717, 1.165) is 19.3 Å². The molecule has 0 rings (SSSR count). The molecule has 0 bridgehead atoms. The van der Waals surface area contributed by atoms with Crippen molar-refractivity contribution in [1.29, 1.82) is 0 Å². The first-order chi connectivity index (χ1) is 11.4. The van der Waals surface area contributed by atoms with Gasteiger partial charge in [0.25, 0.3) is 0 Å². The Morgan fingerprint density at radius 3 is 0.833 bits per heavy atom. The van der Waals surface area contributed by atoms with Gasteiger partial charge in [-0.1, -0.05) is 20.8 Å². The average Bonchev–Trinajstić information content (AvgIpc) is 2.50. The fraction of sp³-hybridized carbons (Fsp3) is 0.833. The number of rotatable bonds is 9. The van der Waals surface area contributed by atoms with Crippen molar-refractivity contribution in [1.82, 2.24) is 0 Å². The lowest BCUT2D eigenvalue weighted by molar-refractivity contribution is -0.144. The van der Waals surface area contributed by atoms with E-state index in [0.29, 0.717) is 39.1 Å². The van der Waals surface area contributed by atoms with Gasteiger partial charge in [-0.25, -0.2) is 0 Å². The molecular weight excluding hydrogens is 312 g/mol. The van der Waals surface area contributed by atoms with Gasteiger partial charge in [-0.3, -0.25) is 14.4 Å². The van der Waals surface area contributed by atoms with E-state index in [1.807, 2.05) is 41.5 Å². The number of esters is 3. The molecule has 0 fully saturated rings. The third-order valence-electron chi connectivity index (χ3n) is 2.28. The van der Waals surface area contributed by atoms with Crippen LogP contribution < -0.4 is 0 Å². The van der Waals surface area contributed by atoms with Crippen LogP contribution in [0.4, 0.5) is 0 Å². The number of carbonyl (C=O) groups excluding carboxylic acids is 3. The summed E-state index contributed by atoms with van der Waals surface area (Å²) in [6.07, 6.45) is 4.27. The van der Waals surface area contributed by atoms with Gasteiger partial charge >= 0.3 is 17.9 Å². The Kier molecular flexibility index (Phi) is 26.9. The van der Waals surface area contributed by atoms with E-state index < -0.39 is 0 Å². The van der Waals surface area contributed by atoms with E-state index in [-0.39, 0.29) is 17.9 Å². The van der Waals surface area contributed by atoms with Crippen LogP contribution in [-0.2, 0) is 28.6 Å². The molecule has 0 aliphatic carbocycles. The quantitative estimate of drug-likeness (QED) is 0.462. The molecule has 0 saturated carbocycles. The van der Waals surface area contributed by atoms with E-state index in [9.17, 15) is 14.4 Å². The highest BCUT2D eigenvalue weighted by Gasteiger charge is 1.96. The molecule has 0 atom stereocenters. The zero-order chi connectivity index (χ0) is 19.2. The lowest BCUT2D eigenvalue weighted by Crippen LogP contribution is -2.01. The standard InChI is InChI=1S/3C6H12O2/c3*1-3-5-6(7)8-4-2/h3*3-5H2,1-2H3. The molecule has 24 heavy (non-hydrogen) atoms. The fourth-order valence-corrected chi connectivity index (χ4v) is 1.31. The molecule has 6 heteroatoms. The van der Waals surface area contributed by atoms with Gasteiger partial charge in [0.15, 0.2) is 0 Å². The number of ether oxygens (including phenoxy) is 3. The van der Waals surface area contributed by atoms with Gasteiger partial charge in [-0.2, -0.15) is 0 Å². The van der Waals surface area contributed by atoms with Gasteiger partial charge in [-0.05, 0) is 40.0 Å². The maximum Gasteiger partial charge on any atom is 0.305 e. The molecule has 0 unspecified atom stereocenters. The summed E-state index contributed by atoms with van der Waals surface area (Å²) in [5.41, 5.74) is 0. The first-order valence-electron chi connectivity index (χ1n) is 8.89. The Balaban J connectivity index is -0.000000276. The topological polar surface area (TPSA) is 78.9 Å². The highest BCUT2D eigenvalue weighted by atomic mass is 16.5. The first kappa shape index (κ1) is 27.3. The zero-order valence-electron chi connectivity index (χ0n) is 16.3. The normalized spacial score (nSPS) is 8.75. The van der Waals surface area contributed by atoms with Crippen LogP contribution in [0.5, 0.6) is 0 Å². The summed E-state index contributed by atoms with van der Waals surface area (Å²) in [5.74, 6) is -0.264.